The SMILES string of the molecule is CC(=O)N1[C@@H]2c3ccc(C4=CCCCC4)c(=O)n3C[C@H]1[C@H](CO)[C@H]2C(=O)N[C@H](C)c1ccccc1. The maximum Gasteiger partial charge on any atom is 0.258 e. The lowest BCUT2D eigenvalue weighted by Crippen LogP contribution is -2.48. The van der Waals surface area contributed by atoms with E-state index in [1.54, 1.807) is 9.47 Å². The van der Waals surface area contributed by atoms with E-state index in [4.69, 9.17) is 0 Å². The third-order valence-corrected chi connectivity index (χ3v) is 8.01. The molecule has 5 rings (SSSR count). The van der Waals surface area contributed by atoms with E-state index in [2.05, 4.69) is 11.4 Å². The Morgan fingerprint density at radius 3 is 2.57 bits per heavy atom. The summed E-state index contributed by atoms with van der Waals surface area (Å²) in [6, 6.07) is 12.2. The Morgan fingerprint density at radius 2 is 1.91 bits per heavy atom. The molecule has 0 spiro atoms. The number of aliphatic hydroxyl groups excluding tert-OH is 1. The molecule has 1 fully saturated rings. The van der Waals surface area contributed by atoms with Gasteiger partial charge in [0, 0.05) is 37.3 Å². The van der Waals surface area contributed by atoms with Gasteiger partial charge in [-0.1, -0.05) is 36.4 Å². The maximum absolute atomic E-state index is 13.7. The summed E-state index contributed by atoms with van der Waals surface area (Å²) in [5.41, 5.74) is 3.38. The van der Waals surface area contributed by atoms with Gasteiger partial charge in [-0.15, -0.1) is 0 Å². The Kier molecular flexibility index (Phi) is 6.36. The van der Waals surface area contributed by atoms with Crippen LogP contribution in [0.1, 0.15) is 68.4 Å². The highest BCUT2D eigenvalue weighted by Crippen LogP contribution is 2.48. The average Bonchev–Trinajstić information content (AvgIpc) is 3.12. The molecular weight excluding hydrogens is 442 g/mol. The molecule has 3 aliphatic rings. The summed E-state index contributed by atoms with van der Waals surface area (Å²) in [6.07, 6.45) is 6.25. The van der Waals surface area contributed by atoms with Gasteiger partial charge < -0.3 is 19.9 Å². The van der Waals surface area contributed by atoms with Crippen molar-refractivity contribution < 1.29 is 14.7 Å². The van der Waals surface area contributed by atoms with Crippen LogP contribution >= 0.6 is 0 Å². The zero-order chi connectivity index (χ0) is 24.7. The van der Waals surface area contributed by atoms with Crippen LogP contribution in [0.2, 0.25) is 0 Å². The zero-order valence-electron chi connectivity index (χ0n) is 20.3. The molecule has 2 N–H and O–H groups in total. The highest BCUT2D eigenvalue weighted by molar-refractivity contribution is 5.84. The third-order valence-electron chi connectivity index (χ3n) is 8.01. The molecule has 0 unspecified atom stereocenters. The van der Waals surface area contributed by atoms with Crippen molar-refractivity contribution >= 4 is 17.4 Å². The summed E-state index contributed by atoms with van der Waals surface area (Å²) in [5, 5.41) is 13.5. The first-order chi connectivity index (χ1) is 16.9. The Bertz CT molecular complexity index is 1220. The Labute approximate surface area is 205 Å². The molecule has 0 radical (unpaired) electrons. The fourth-order valence-electron chi connectivity index (χ4n) is 6.30. The molecule has 7 heteroatoms. The average molecular weight is 476 g/mol. The molecule has 35 heavy (non-hydrogen) atoms. The number of hydrogen-bond acceptors (Lipinski definition) is 4. The summed E-state index contributed by atoms with van der Waals surface area (Å²) in [6.45, 7) is 3.47. The summed E-state index contributed by atoms with van der Waals surface area (Å²) in [4.78, 5) is 41.7. The lowest BCUT2D eigenvalue weighted by atomic mass is 9.86. The number of fused-ring (bicyclic) bond motifs is 4. The predicted octanol–water partition coefficient (Wildman–Crippen LogP) is 3.19. The van der Waals surface area contributed by atoms with E-state index < -0.39 is 23.9 Å². The summed E-state index contributed by atoms with van der Waals surface area (Å²) >= 11 is 0. The first kappa shape index (κ1) is 23.5. The number of pyridine rings is 1. The minimum absolute atomic E-state index is 0.0655. The van der Waals surface area contributed by atoms with E-state index >= 15 is 0 Å². The van der Waals surface area contributed by atoms with Crippen LogP contribution in [-0.4, -0.2) is 39.0 Å². The summed E-state index contributed by atoms with van der Waals surface area (Å²) in [5.74, 6) is -1.46. The summed E-state index contributed by atoms with van der Waals surface area (Å²) in [7, 11) is 0. The lowest BCUT2D eigenvalue weighted by molar-refractivity contribution is -0.134. The van der Waals surface area contributed by atoms with Gasteiger partial charge in [-0.25, -0.2) is 0 Å². The van der Waals surface area contributed by atoms with Crippen molar-refractivity contribution in [3.63, 3.8) is 0 Å². The molecular formula is C28H33N3O4. The van der Waals surface area contributed by atoms with Gasteiger partial charge in [0.15, 0.2) is 0 Å². The molecule has 1 aliphatic carbocycles. The monoisotopic (exact) mass is 475 g/mol. The lowest BCUT2D eigenvalue weighted by Gasteiger charge is -2.38. The second-order valence-corrected chi connectivity index (χ2v) is 10.0. The molecule has 1 saturated heterocycles. The Morgan fingerprint density at radius 1 is 1.14 bits per heavy atom. The number of nitrogens with one attached hydrogen (secondary N) is 1. The van der Waals surface area contributed by atoms with Gasteiger partial charge in [0.05, 0.1) is 24.0 Å². The first-order valence-electron chi connectivity index (χ1n) is 12.6. The van der Waals surface area contributed by atoms with E-state index in [1.165, 1.54) is 6.92 Å². The highest BCUT2D eigenvalue weighted by Gasteiger charge is 2.56. The Hall–Kier alpha value is -3.19. The van der Waals surface area contributed by atoms with Crippen LogP contribution in [0.25, 0.3) is 5.57 Å². The fraction of sp³-hybridized carbons (Fsp3) is 0.464. The van der Waals surface area contributed by atoms with Crippen LogP contribution in [0.4, 0.5) is 0 Å². The van der Waals surface area contributed by atoms with Crippen molar-refractivity contribution in [1.29, 1.82) is 0 Å². The second kappa shape index (κ2) is 9.46. The number of allylic oxidation sites excluding steroid dienone is 2. The van der Waals surface area contributed by atoms with Crippen molar-refractivity contribution in [3.8, 4) is 0 Å². The standard InChI is InChI=1S/C28H33N3O4/c1-17(19-9-5-3-6-10-19)29-27(34)25-22(16-32)24-15-30-23(26(25)31(24)18(2)33)14-13-21(28(30)35)20-11-7-4-8-12-20/h3,5-6,9-11,13-14,17,22,24-26,32H,4,7-8,12,15-16H2,1-2H3,(H,29,34)/t17-,22+,24+,25-,26-/m1/s1. The van der Waals surface area contributed by atoms with Gasteiger partial charge in [0.25, 0.3) is 5.56 Å². The number of amides is 2. The minimum Gasteiger partial charge on any atom is -0.396 e. The van der Waals surface area contributed by atoms with Crippen LogP contribution in [0, 0.1) is 11.8 Å². The smallest absolute Gasteiger partial charge is 0.258 e. The Balaban J connectivity index is 1.54. The molecule has 2 amide bonds. The van der Waals surface area contributed by atoms with Crippen molar-refractivity contribution in [3.05, 3.63) is 75.7 Å². The molecule has 2 aromatic rings. The number of carbonyl (C=O) groups is 2. The van der Waals surface area contributed by atoms with Gasteiger partial charge in [0.2, 0.25) is 11.8 Å². The highest BCUT2D eigenvalue weighted by atomic mass is 16.3. The number of nitrogens with zero attached hydrogens (tertiary/aromatic N) is 2. The van der Waals surface area contributed by atoms with Crippen LogP contribution in [0.15, 0.2) is 53.3 Å². The van der Waals surface area contributed by atoms with Gasteiger partial charge in [-0.05, 0) is 55.9 Å². The predicted molar refractivity (Wildman–Crippen MR) is 133 cm³/mol. The second-order valence-electron chi connectivity index (χ2n) is 10.0. The van der Waals surface area contributed by atoms with Crippen molar-refractivity contribution in [2.24, 2.45) is 11.8 Å². The van der Waals surface area contributed by atoms with Crippen molar-refractivity contribution in [2.75, 3.05) is 6.61 Å². The van der Waals surface area contributed by atoms with E-state index in [9.17, 15) is 19.5 Å². The molecule has 3 heterocycles. The number of benzene rings is 1. The number of aliphatic hydroxyl groups is 1. The van der Waals surface area contributed by atoms with Crippen molar-refractivity contribution in [2.45, 2.75) is 64.2 Å². The number of rotatable bonds is 5. The third kappa shape index (κ3) is 4.01. The number of aromatic nitrogens is 1. The van der Waals surface area contributed by atoms with Gasteiger partial charge in [0.1, 0.15) is 0 Å². The van der Waals surface area contributed by atoms with Gasteiger partial charge >= 0.3 is 0 Å². The molecule has 1 aromatic carbocycles. The van der Waals surface area contributed by atoms with Crippen LogP contribution < -0.4 is 10.9 Å². The van der Waals surface area contributed by atoms with E-state index in [0.717, 1.165) is 36.8 Å². The molecule has 184 valence electrons. The van der Waals surface area contributed by atoms with Crippen LogP contribution in [-0.2, 0) is 16.1 Å². The van der Waals surface area contributed by atoms with Gasteiger partial charge in [-0.3, -0.25) is 14.4 Å². The zero-order valence-corrected chi connectivity index (χ0v) is 20.3. The van der Waals surface area contributed by atoms with Crippen molar-refractivity contribution in [1.82, 2.24) is 14.8 Å². The largest absolute Gasteiger partial charge is 0.396 e. The molecule has 7 nitrogen and oxygen atoms in total. The first-order valence-corrected chi connectivity index (χ1v) is 12.6. The minimum atomic E-state index is -0.645. The molecule has 2 aliphatic heterocycles. The molecule has 5 atom stereocenters. The fourth-order valence-corrected chi connectivity index (χ4v) is 6.30. The quantitative estimate of drug-likeness (QED) is 0.695. The van der Waals surface area contributed by atoms with E-state index in [-0.39, 0.29) is 36.6 Å². The van der Waals surface area contributed by atoms with Gasteiger partial charge in [-0.2, -0.15) is 0 Å². The van der Waals surface area contributed by atoms with E-state index in [1.807, 2.05) is 49.4 Å². The molecule has 1 aromatic heterocycles. The number of hydrogen-bond donors (Lipinski definition) is 2. The topological polar surface area (TPSA) is 91.6 Å². The van der Waals surface area contributed by atoms with Crippen LogP contribution in [0.3, 0.4) is 0 Å². The number of carbonyl (C=O) groups excluding carboxylic acids is 2. The summed E-state index contributed by atoms with van der Waals surface area (Å²) < 4.78 is 1.75. The maximum atomic E-state index is 13.7. The molecule has 0 saturated carbocycles. The van der Waals surface area contributed by atoms with E-state index in [0.29, 0.717) is 11.3 Å². The normalized spacial score (nSPS) is 26.0. The molecule has 2 bridgehead atoms. The van der Waals surface area contributed by atoms with Crippen LogP contribution in [0.5, 0.6) is 0 Å².